The van der Waals surface area contributed by atoms with Gasteiger partial charge in [-0.3, -0.25) is 4.99 Å². The monoisotopic (exact) mass is 376 g/mol. The molecule has 4 nitrogen and oxygen atoms in total. The van der Waals surface area contributed by atoms with Crippen LogP contribution in [0.3, 0.4) is 0 Å². The average molecular weight is 378 g/mol. The van der Waals surface area contributed by atoms with Crippen LogP contribution >= 0.6 is 34.8 Å². The van der Waals surface area contributed by atoms with Crippen LogP contribution in [0, 0.1) is 0 Å². The standard InChI is InChI=1S/C16H11Cl3N2O2.Li.H/c17-9-1-4-11(5-2-9)21-8-14(16(22)23)20-15(21)12-6-3-10(18)7-13(12)19;;/h1-7,14H,8H2,(H,22,23);;/q;+1;-1. The molecule has 1 unspecified atom stereocenters. The van der Waals surface area contributed by atoms with E-state index in [1.54, 1.807) is 30.3 Å². The van der Waals surface area contributed by atoms with E-state index in [1.165, 1.54) is 0 Å². The van der Waals surface area contributed by atoms with E-state index in [2.05, 4.69) is 4.99 Å². The second kappa shape index (κ2) is 7.82. The van der Waals surface area contributed by atoms with Crippen molar-refractivity contribution < 1.29 is 30.2 Å². The molecule has 1 N–H and O–H groups in total. The summed E-state index contributed by atoms with van der Waals surface area (Å²) in [5.74, 6) is -0.481. The van der Waals surface area contributed by atoms with Gasteiger partial charge in [-0.15, -0.1) is 0 Å². The summed E-state index contributed by atoms with van der Waals surface area (Å²) in [4.78, 5) is 17.5. The number of nitrogens with zero attached hydrogens (tertiary/aromatic N) is 2. The zero-order valence-electron chi connectivity index (χ0n) is 13.7. The van der Waals surface area contributed by atoms with Gasteiger partial charge in [-0.1, -0.05) is 34.8 Å². The van der Waals surface area contributed by atoms with E-state index in [9.17, 15) is 9.90 Å². The molecule has 0 radical (unpaired) electrons. The van der Waals surface area contributed by atoms with Gasteiger partial charge in [0.2, 0.25) is 0 Å². The zero-order chi connectivity index (χ0) is 16.6. The molecule has 0 amide bonds. The number of benzene rings is 2. The number of halogens is 3. The fourth-order valence-electron chi connectivity index (χ4n) is 2.39. The number of anilines is 1. The Kier molecular flexibility index (Phi) is 6.25. The Bertz CT molecular complexity index is 802. The molecule has 0 bridgehead atoms. The first-order valence-corrected chi connectivity index (χ1v) is 7.88. The molecule has 2 aromatic carbocycles. The summed E-state index contributed by atoms with van der Waals surface area (Å²) in [7, 11) is 0. The van der Waals surface area contributed by atoms with Crippen LogP contribution in [0.4, 0.5) is 5.69 Å². The van der Waals surface area contributed by atoms with Crippen LogP contribution in [0.25, 0.3) is 0 Å². The summed E-state index contributed by atoms with van der Waals surface area (Å²) in [6.45, 7) is 0.227. The van der Waals surface area contributed by atoms with Gasteiger partial charge in [0, 0.05) is 21.3 Å². The van der Waals surface area contributed by atoms with Gasteiger partial charge in [-0.25, -0.2) is 4.79 Å². The molecule has 8 heteroatoms. The van der Waals surface area contributed by atoms with Crippen LogP contribution in [-0.2, 0) is 4.79 Å². The van der Waals surface area contributed by atoms with Crippen molar-refractivity contribution >= 4 is 52.3 Å². The first-order valence-electron chi connectivity index (χ1n) is 6.75. The minimum absolute atomic E-state index is 0. The molecule has 1 heterocycles. The Labute approximate surface area is 167 Å². The average Bonchev–Trinajstić information content (AvgIpc) is 2.93. The number of carboxylic acids is 1. The first-order chi connectivity index (χ1) is 11.0. The number of amidine groups is 1. The van der Waals surface area contributed by atoms with Crippen molar-refractivity contribution in [3.63, 3.8) is 0 Å². The third kappa shape index (κ3) is 3.91. The summed E-state index contributed by atoms with van der Waals surface area (Å²) in [6.07, 6.45) is 0. The maximum atomic E-state index is 11.3. The van der Waals surface area contributed by atoms with Crippen LogP contribution in [0.1, 0.15) is 6.99 Å². The Morgan fingerprint density at radius 1 is 1.12 bits per heavy atom. The third-order valence-corrected chi connectivity index (χ3v) is 4.28. The minimum atomic E-state index is -0.982. The molecule has 0 saturated heterocycles. The van der Waals surface area contributed by atoms with Crippen LogP contribution < -0.4 is 23.8 Å². The molecule has 1 aliphatic heterocycles. The third-order valence-electron chi connectivity index (χ3n) is 3.48. The predicted octanol–water partition coefficient (Wildman–Crippen LogP) is 1.48. The summed E-state index contributed by atoms with van der Waals surface area (Å²) < 4.78 is 0. The van der Waals surface area contributed by atoms with Crippen LogP contribution in [0.15, 0.2) is 47.5 Å². The molecule has 0 aromatic heterocycles. The second-order valence-corrected chi connectivity index (χ2v) is 6.30. The van der Waals surface area contributed by atoms with E-state index in [0.717, 1.165) is 5.69 Å². The zero-order valence-corrected chi connectivity index (χ0v) is 15.0. The number of hydrogen-bond acceptors (Lipinski definition) is 3. The molecular weight excluding hydrogens is 365 g/mol. The number of aliphatic imine (C=N–C) groups is 1. The fourth-order valence-corrected chi connectivity index (χ4v) is 3.00. The molecule has 0 fully saturated rings. The van der Waals surface area contributed by atoms with Crippen molar-refractivity contribution in [2.24, 2.45) is 4.99 Å². The Balaban J connectivity index is 0.00000156. The smallest absolute Gasteiger partial charge is 1.00 e. The van der Waals surface area contributed by atoms with Gasteiger partial charge < -0.3 is 11.4 Å². The first kappa shape index (κ1) is 19.2. The Hall–Kier alpha value is -1.15. The Morgan fingerprint density at radius 2 is 1.75 bits per heavy atom. The molecular formula is C16H12Cl3LiN2O2. The summed E-state index contributed by atoms with van der Waals surface area (Å²) >= 11 is 18.1. The Morgan fingerprint density at radius 3 is 2.33 bits per heavy atom. The summed E-state index contributed by atoms with van der Waals surface area (Å²) in [6, 6.07) is 11.3. The van der Waals surface area contributed by atoms with E-state index in [0.29, 0.717) is 26.5 Å². The molecule has 120 valence electrons. The fraction of sp³-hybridized carbons (Fsp3) is 0.125. The van der Waals surface area contributed by atoms with Crippen LogP contribution in [-0.4, -0.2) is 29.5 Å². The van der Waals surface area contributed by atoms with Crippen molar-refractivity contribution in [1.82, 2.24) is 0 Å². The van der Waals surface area contributed by atoms with E-state index < -0.39 is 12.0 Å². The van der Waals surface area contributed by atoms with Crippen molar-refractivity contribution in [3.05, 3.63) is 63.1 Å². The van der Waals surface area contributed by atoms with Gasteiger partial charge in [-0.2, -0.15) is 0 Å². The molecule has 0 aliphatic carbocycles. The van der Waals surface area contributed by atoms with Crippen molar-refractivity contribution in [3.8, 4) is 0 Å². The van der Waals surface area contributed by atoms with Gasteiger partial charge in [0.1, 0.15) is 5.84 Å². The number of carboxylic acid groups (broad SMARTS) is 1. The predicted molar refractivity (Wildman–Crippen MR) is 94.3 cm³/mol. The summed E-state index contributed by atoms with van der Waals surface area (Å²) in [5, 5.41) is 10.8. The van der Waals surface area contributed by atoms with Crippen molar-refractivity contribution in [2.45, 2.75) is 6.04 Å². The SMILES string of the molecule is O=C(O)C1CN(c2ccc(Cl)cc2)C(c2ccc(Cl)cc2Cl)=N1.[H-].[Li+]. The number of hydrogen-bond donors (Lipinski definition) is 1. The normalized spacial score (nSPS) is 16.5. The number of aliphatic carboxylic acids is 1. The van der Waals surface area contributed by atoms with E-state index >= 15 is 0 Å². The number of carbonyl (C=O) groups is 1. The van der Waals surface area contributed by atoms with Crippen molar-refractivity contribution in [1.29, 1.82) is 0 Å². The molecule has 0 saturated carbocycles. The minimum Gasteiger partial charge on any atom is -1.00 e. The van der Waals surface area contributed by atoms with Crippen LogP contribution in [0.5, 0.6) is 0 Å². The largest absolute Gasteiger partial charge is 1.00 e. The van der Waals surface area contributed by atoms with Gasteiger partial charge in [-0.05, 0) is 42.5 Å². The van der Waals surface area contributed by atoms with Gasteiger partial charge >= 0.3 is 24.8 Å². The number of rotatable bonds is 3. The van der Waals surface area contributed by atoms with E-state index in [4.69, 9.17) is 34.8 Å². The second-order valence-electron chi connectivity index (χ2n) is 5.02. The molecule has 24 heavy (non-hydrogen) atoms. The van der Waals surface area contributed by atoms with E-state index in [1.807, 2.05) is 17.0 Å². The van der Waals surface area contributed by atoms with Gasteiger partial charge in [0.15, 0.2) is 6.04 Å². The molecule has 1 aliphatic rings. The topological polar surface area (TPSA) is 52.9 Å². The summed E-state index contributed by atoms with van der Waals surface area (Å²) in [5.41, 5.74) is 1.43. The van der Waals surface area contributed by atoms with Crippen LogP contribution in [0.2, 0.25) is 15.1 Å². The quantitative estimate of drug-likeness (QED) is 0.825. The maximum absolute atomic E-state index is 11.3. The maximum Gasteiger partial charge on any atom is 1.00 e. The van der Waals surface area contributed by atoms with Gasteiger partial charge in [0.25, 0.3) is 0 Å². The van der Waals surface area contributed by atoms with E-state index in [-0.39, 0.29) is 26.8 Å². The van der Waals surface area contributed by atoms with Gasteiger partial charge in [0.05, 0.1) is 11.6 Å². The molecule has 0 spiro atoms. The molecule has 1 atom stereocenters. The molecule has 3 rings (SSSR count). The molecule has 2 aromatic rings. The van der Waals surface area contributed by atoms with Crippen molar-refractivity contribution in [2.75, 3.05) is 11.4 Å².